The number of nitrogens with one attached hydrogen (secondary N) is 1. The fraction of sp³-hybridized carbons (Fsp3) is 0.500. The minimum Gasteiger partial charge on any atom is -0.493 e. The fourth-order valence-corrected chi connectivity index (χ4v) is 2.87. The van der Waals surface area contributed by atoms with Gasteiger partial charge in [0.15, 0.2) is 0 Å². The lowest BCUT2D eigenvalue weighted by Gasteiger charge is -2.19. The summed E-state index contributed by atoms with van der Waals surface area (Å²) in [6.45, 7) is 6.81. The maximum atomic E-state index is 5.59. The predicted molar refractivity (Wildman–Crippen MR) is 81.5 cm³/mol. The normalized spacial score (nSPS) is 14.8. The number of aryl methyl sites for hydroxylation is 1. The molecule has 0 radical (unpaired) electrons. The van der Waals surface area contributed by atoms with Crippen LogP contribution < -0.4 is 10.1 Å². The molecule has 1 aromatic carbocycles. The summed E-state index contributed by atoms with van der Waals surface area (Å²) in [7, 11) is 0. The van der Waals surface area contributed by atoms with Crippen LogP contribution in [0.4, 0.5) is 0 Å². The molecule has 112 valence electrons. The number of hydrogen-bond acceptors (Lipinski definition) is 4. The molecule has 21 heavy (non-hydrogen) atoms. The monoisotopic (exact) mass is 286 g/mol. The zero-order chi connectivity index (χ0) is 14.7. The van der Waals surface area contributed by atoms with Crippen LogP contribution >= 0.6 is 0 Å². The Morgan fingerprint density at radius 2 is 2.29 bits per heavy atom. The largest absolute Gasteiger partial charge is 0.493 e. The quantitative estimate of drug-likeness (QED) is 0.884. The highest BCUT2D eigenvalue weighted by atomic mass is 16.5. The van der Waals surface area contributed by atoms with Crippen LogP contribution in [0.3, 0.4) is 0 Å². The van der Waals surface area contributed by atoms with Crippen LogP contribution in [0, 0.1) is 0 Å². The molecule has 1 aromatic heterocycles. The molecular weight excluding hydrogens is 264 g/mol. The SMILES string of the molecule is CCNC(Cc1ncnn1CC)c1ccc2c(c1)CCO2. The number of benzene rings is 1. The first-order valence-electron chi connectivity index (χ1n) is 7.67. The van der Waals surface area contributed by atoms with Gasteiger partial charge >= 0.3 is 0 Å². The highest BCUT2D eigenvalue weighted by Gasteiger charge is 2.18. The van der Waals surface area contributed by atoms with Gasteiger partial charge in [-0.3, -0.25) is 4.68 Å². The van der Waals surface area contributed by atoms with Crippen LogP contribution in [0.2, 0.25) is 0 Å². The van der Waals surface area contributed by atoms with Crippen LogP contribution in [-0.2, 0) is 19.4 Å². The zero-order valence-electron chi connectivity index (χ0n) is 12.7. The Labute approximate surface area is 125 Å². The van der Waals surface area contributed by atoms with Gasteiger partial charge < -0.3 is 10.1 Å². The van der Waals surface area contributed by atoms with E-state index in [0.717, 1.165) is 44.1 Å². The third-order valence-corrected chi connectivity index (χ3v) is 3.95. The lowest BCUT2D eigenvalue weighted by atomic mass is 10.00. The van der Waals surface area contributed by atoms with E-state index in [4.69, 9.17) is 4.74 Å². The Kier molecular flexibility index (Phi) is 4.20. The molecule has 0 bridgehead atoms. The van der Waals surface area contributed by atoms with Crippen LogP contribution in [0.25, 0.3) is 0 Å². The third kappa shape index (κ3) is 2.93. The van der Waals surface area contributed by atoms with Crippen LogP contribution in [0.1, 0.15) is 36.8 Å². The molecule has 2 heterocycles. The molecule has 1 aliphatic heterocycles. The second-order valence-corrected chi connectivity index (χ2v) is 5.27. The van der Waals surface area contributed by atoms with Crippen molar-refractivity contribution in [2.45, 2.75) is 39.3 Å². The molecule has 0 aliphatic carbocycles. The molecule has 2 aromatic rings. The summed E-state index contributed by atoms with van der Waals surface area (Å²) in [4.78, 5) is 4.39. The van der Waals surface area contributed by atoms with Crippen molar-refractivity contribution >= 4 is 0 Å². The maximum Gasteiger partial charge on any atom is 0.138 e. The molecular formula is C16H22N4O. The Morgan fingerprint density at radius 3 is 3.10 bits per heavy atom. The van der Waals surface area contributed by atoms with Crippen molar-refractivity contribution < 1.29 is 4.74 Å². The molecule has 1 N–H and O–H groups in total. The Hall–Kier alpha value is -1.88. The smallest absolute Gasteiger partial charge is 0.138 e. The zero-order valence-corrected chi connectivity index (χ0v) is 12.7. The molecule has 0 spiro atoms. The Morgan fingerprint density at radius 1 is 1.38 bits per heavy atom. The third-order valence-electron chi connectivity index (χ3n) is 3.95. The van der Waals surface area contributed by atoms with Gasteiger partial charge in [0.2, 0.25) is 0 Å². The van der Waals surface area contributed by atoms with Crippen LogP contribution in [-0.4, -0.2) is 27.9 Å². The van der Waals surface area contributed by atoms with E-state index in [1.54, 1.807) is 6.33 Å². The van der Waals surface area contributed by atoms with Crippen molar-refractivity contribution in [3.63, 3.8) is 0 Å². The summed E-state index contributed by atoms with van der Waals surface area (Å²) >= 11 is 0. The molecule has 0 saturated heterocycles. The van der Waals surface area contributed by atoms with Crippen molar-refractivity contribution in [1.82, 2.24) is 20.1 Å². The van der Waals surface area contributed by atoms with Crippen LogP contribution in [0.5, 0.6) is 5.75 Å². The lowest BCUT2D eigenvalue weighted by molar-refractivity contribution is 0.356. The summed E-state index contributed by atoms with van der Waals surface area (Å²) in [5.74, 6) is 2.06. The summed E-state index contributed by atoms with van der Waals surface area (Å²) in [6, 6.07) is 6.77. The average Bonchev–Trinajstić information content (AvgIpc) is 3.14. The number of likely N-dealkylation sites (N-methyl/N-ethyl adjacent to an activating group) is 1. The van der Waals surface area contributed by atoms with Crippen LogP contribution in [0.15, 0.2) is 24.5 Å². The van der Waals surface area contributed by atoms with E-state index >= 15 is 0 Å². The van der Waals surface area contributed by atoms with Gasteiger partial charge in [-0.1, -0.05) is 19.1 Å². The van der Waals surface area contributed by atoms with E-state index < -0.39 is 0 Å². The fourth-order valence-electron chi connectivity index (χ4n) is 2.87. The van der Waals surface area contributed by atoms with Gasteiger partial charge in [0.1, 0.15) is 17.9 Å². The predicted octanol–water partition coefficient (Wildman–Crippen LogP) is 2.13. The Bertz CT molecular complexity index is 608. The minimum atomic E-state index is 0.260. The number of hydrogen-bond donors (Lipinski definition) is 1. The van der Waals surface area contributed by atoms with Gasteiger partial charge in [0.25, 0.3) is 0 Å². The van der Waals surface area contributed by atoms with E-state index in [0.29, 0.717) is 0 Å². The summed E-state index contributed by atoms with van der Waals surface area (Å²) in [5, 5.41) is 7.81. The number of fused-ring (bicyclic) bond motifs is 1. The lowest BCUT2D eigenvalue weighted by Crippen LogP contribution is -2.24. The van der Waals surface area contributed by atoms with E-state index in [2.05, 4.69) is 47.4 Å². The highest BCUT2D eigenvalue weighted by molar-refractivity contribution is 5.41. The molecule has 0 amide bonds. The summed E-state index contributed by atoms with van der Waals surface area (Å²) < 4.78 is 7.55. The van der Waals surface area contributed by atoms with Crippen molar-refractivity contribution in [3.05, 3.63) is 41.5 Å². The number of aromatic nitrogens is 3. The van der Waals surface area contributed by atoms with Crippen molar-refractivity contribution in [3.8, 4) is 5.75 Å². The van der Waals surface area contributed by atoms with Gasteiger partial charge in [-0.15, -0.1) is 0 Å². The first kappa shape index (κ1) is 14.1. The molecule has 1 aliphatic rings. The van der Waals surface area contributed by atoms with Crippen molar-refractivity contribution in [1.29, 1.82) is 0 Å². The van der Waals surface area contributed by atoms with Gasteiger partial charge in [0.05, 0.1) is 6.61 Å². The highest BCUT2D eigenvalue weighted by Crippen LogP contribution is 2.29. The van der Waals surface area contributed by atoms with E-state index in [9.17, 15) is 0 Å². The molecule has 1 atom stereocenters. The van der Waals surface area contributed by atoms with Crippen molar-refractivity contribution in [2.24, 2.45) is 0 Å². The number of rotatable bonds is 6. The Balaban J connectivity index is 1.84. The first-order valence-corrected chi connectivity index (χ1v) is 7.67. The van der Waals surface area contributed by atoms with E-state index in [1.807, 2.05) is 4.68 Å². The first-order chi connectivity index (χ1) is 10.3. The standard InChI is InChI=1S/C16H22N4O/c1-3-17-14(10-16-18-11-19-20(16)4-2)12-5-6-15-13(9-12)7-8-21-15/h5-6,9,11,14,17H,3-4,7-8,10H2,1-2H3. The minimum absolute atomic E-state index is 0.260. The molecule has 0 fully saturated rings. The van der Waals surface area contributed by atoms with Gasteiger partial charge in [-0.25, -0.2) is 4.98 Å². The van der Waals surface area contributed by atoms with E-state index in [1.165, 1.54) is 11.1 Å². The summed E-state index contributed by atoms with van der Waals surface area (Å²) in [6.07, 6.45) is 3.49. The van der Waals surface area contributed by atoms with Crippen molar-refractivity contribution in [2.75, 3.05) is 13.2 Å². The average molecular weight is 286 g/mol. The molecule has 3 rings (SSSR count). The number of ether oxygens (including phenoxy) is 1. The number of nitrogens with zero attached hydrogens (tertiary/aromatic N) is 3. The second-order valence-electron chi connectivity index (χ2n) is 5.27. The summed E-state index contributed by atoms with van der Waals surface area (Å²) in [5.41, 5.74) is 2.61. The second kappa shape index (κ2) is 6.26. The van der Waals surface area contributed by atoms with Gasteiger partial charge in [0, 0.05) is 25.4 Å². The molecule has 1 unspecified atom stereocenters. The molecule has 0 saturated carbocycles. The van der Waals surface area contributed by atoms with E-state index in [-0.39, 0.29) is 6.04 Å². The topological polar surface area (TPSA) is 52.0 Å². The van der Waals surface area contributed by atoms with Gasteiger partial charge in [-0.05, 0) is 30.7 Å². The molecule has 5 heteroatoms. The molecule has 5 nitrogen and oxygen atoms in total. The maximum absolute atomic E-state index is 5.59. The van der Waals surface area contributed by atoms with Gasteiger partial charge in [-0.2, -0.15) is 5.10 Å².